The molecule has 1 atom stereocenters. The van der Waals surface area contributed by atoms with Crippen LogP contribution in [0.5, 0.6) is 0 Å². The molecule has 19 heavy (non-hydrogen) atoms. The summed E-state index contributed by atoms with van der Waals surface area (Å²) >= 11 is 0. The molecule has 0 aliphatic heterocycles. The van der Waals surface area contributed by atoms with Crippen molar-refractivity contribution in [2.75, 3.05) is 7.05 Å². The van der Waals surface area contributed by atoms with Gasteiger partial charge in [0, 0.05) is 6.04 Å². The fourth-order valence-electron chi connectivity index (χ4n) is 2.00. The lowest BCUT2D eigenvalue weighted by Gasteiger charge is -2.16. The molecule has 2 aromatic rings. The van der Waals surface area contributed by atoms with Crippen LogP contribution in [0.15, 0.2) is 36.4 Å². The Morgan fingerprint density at radius 2 is 1.58 bits per heavy atom. The van der Waals surface area contributed by atoms with E-state index >= 15 is 0 Å². The molecule has 2 aromatic carbocycles. The summed E-state index contributed by atoms with van der Waals surface area (Å²) < 4.78 is 39.6. The van der Waals surface area contributed by atoms with Crippen LogP contribution in [-0.2, 0) is 0 Å². The summed E-state index contributed by atoms with van der Waals surface area (Å²) in [4.78, 5) is 0. The fourth-order valence-corrected chi connectivity index (χ4v) is 2.00. The Hall–Kier alpha value is -1.81. The second kappa shape index (κ2) is 5.45. The van der Waals surface area contributed by atoms with Gasteiger partial charge in [-0.1, -0.05) is 24.3 Å². The Morgan fingerprint density at radius 1 is 1.00 bits per heavy atom. The van der Waals surface area contributed by atoms with Gasteiger partial charge in [-0.3, -0.25) is 0 Å². The molecule has 0 radical (unpaired) electrons. The van der Waals surface area contributed by atoms with Crippen LogP contribution in [0.25, 0.3) is 11.1 Å². The third kappa shape index (κ3) is 2.63. The van der Waals surface area contributed by atoms with E-state index in [9.17, 15) is 13.2 Å². The summed E-state index contributed by atoms with van der Waals surface area (Å²) in [5.74, 6) is -3.80. The van der Waals surface area contributed by atoms with E-state index in [1.54, 1.807) is 19.2 Å². The van der Waals surface area contributed by atoms with Crippen LogP contribution in [0, 0.1) is 17.5 Å². The highest BCUT2D eigenvalue weighted by atomic mass is 19.2. The minimum Gasteiger partial charge on any atom is -0.313 e. The van der Waals surface area contributed by atoms with Crippen molar-refractivity contribution >= 4 is 0 Å². The molecule has 0 fully saturated rings. The van der Waals surface area contributed by atoms with Gasteiger partial charge in [0.1, 0.15) is 0 Å². The SMILES string of the molecule is CNC(C)c1ccccc1-c1cc(F)c(F)c(F)c1. The summed E-state index contributed by atoms with van der Waals surface area (Å²) in [6, 6.07) is 9.31. The molecule has 0 saturated heterocycles. The number of benzene rings is 2. The Kier molecular flexibility index (Phi) is 3.90. The van der Waals surface area contributed by atoms with Crippen molar-refractivity contribution in [1.82, 2.24) is 5.32 Å². The van der Waals surface area contributed by atoms with Gasteiger partial charge in [-0.25, -0.2) is 13.2 Å². The van der Waals surface area contributed by atoms with Crippen LogP contribution in [0.3, 0.4) is 0 Å². The molecule has 2 rings (SSSR count). The van der Waals surface area contributed by atoms with Crippen molar-refractivity contribution in [2.24, 2.45) is 0 Å². The van der Waals surface area contributed by atoms with E-state index in [-0.39, 0.29) is 6.04 Å². The monoisotopic (exact) mass is 265 g/mol. The van der Waals surface area contributed by atoms with E-state index in [4.69, 9.17) is 0 Å². The molecule has 0 aromatic heterocycles. The van der Waals surface area contributed by atoms with Crippen molar-refractivity contribution < 1.29 is 13.2 Å². The minimum absolute atomic E-state index is 0.0207. The smallest absolute Gasteiger partial charge is 0.194 e. The lowest BCUT2D eigenvalue weighted by Crippen LogP contribution is -2.13. The number of rotatable bonds is 3. The van der Waals surface area contributed by atoms with Crippen molar-refractivity contribution in [2.45, 2.75) is 13.0 Å². The summed E-state index contributed by atoms with van der Waals surface area (Å²) in [5.41, 5.74) is 1.91. The van der Waals surface area contributed by atoms with Gasteiger partial charge in [0.05, 0.1) is 0 Å². The van der Waals surface area contributed by atoms with Gasteiger partial charge in [0.25, 0.3) is 0 Å². The van der Waals surface area contributed by atoms with E-state index in [1.807, 2.05) is 19.1 Å². The zero-order valence-electron chi connectivity index (χ0n) is 10.7. The molecule has 0 aliphatic carbocycles. The van der Waals surface area contributed by atoms with Crippen LogP contribution >= 0.6 is 0 Å². The summed E-state index contributed by atoms with van der Waals surface area (Å²) in [5, 5.41) is 3.07. The minimum atomic E-state index is -1.44. The quantitative estimate of drug-likeness (QED) is 0.825. The van der Waals surface area contributed by atoms with Crippen molar-refractivity contribution in [1.29, 1.82) is 0 Å². The molecule has 1 unspecified atom stereocenters. The van der Waals surface area contributed by atoms with Crippen LogP contribution < -0.4 is 5.32 Å². The van der Waals surface area contributed by atoms with Crippen LogP contribution in [0.2, 0.25) is 0 Å². The van der Waals surface area contributed by atoms with Gasteiger partial charge in [0.2, 0.25) is 0 Å². The maximum absolute atomic E-state index is 13.3. The molecular formula is C15H14F3N. The fraction of sp³-hybridized carbons (Fsp3) is 0.200. The van der Waals surface area contributed by atoms with E-state index < -0.39 is 17.5 Å². The van der Waals surface area contributed by atoms with Gasteiger partial charge in [-0.15, -0.1) is 0 Å². The third-order valence-electron chi connectivity index (χ3n) is 3.16. The Morgan fingerprint density at radius 3 is 2.16 bits per heavy atom. The molecule has 100 valence electrons. The molecule has 0 aliphatic rings. The first kappa shape index (κ1) is 13.6. The first-order valence-electron chi connectivity index (χ1n) is 5.95. The maximum atomic E-state index is 13.3. The van der Waals surface area contributed by atoms with Gasteiger partial charge in [0.15, 0.2) is 17.5 Å². The molecule has 0 spiro atoms. The Bertz CT molecular complexity index is 573. The van der Waals surface area contributed by atoms with Crippen LogP contribution in [0.1, 0.15) is 18.5 Å². The highest BCUT2D eigenvalue weighted by Crippen LogP contribution is 2.30. The topological polar surface area (TPSA) is 12.0 Å². The molecule has 1 nitrogen and oxygen atoms in total. The maximum Gasteiger partial charge on any atom is 0.194 e. The predicted octanol–water partition coefficient (Wildman–Crippen LogP) is 4.05. The lowest BCUT2D eigenvalue weighted by atomic mass is 9.95. The van der Waals surface area contributed by atoms with Crippen molar-refractivity contribution in [3.63, 3.8) is 0 Å². The molecule has 0 bridgehead atoms. The van der Waals surface area contributed by atoms with E-state index in [1.165, 1.54) is 0 Å². The zero-order chi connectivity index (χ0) is 14.0. The van der Waals surface area contributed by atoms with Gasteiger partial charge in [-0.05, 0) is 42.8 Å². The summed E-state index contributed by atoms with van der Waals surface area (Å²) in [6.45, 7) is 1.94. The number of hydrogen-bond donors (Lipinski definition) is 1. The molecule has 0 amide bonds. The second-order valence-corrected chi connectivity index (χ2v) is 4.35. The van der Waals surface area contributed by atoms with Crippen molar-refractivity contribution in [3.8, 4) is 11.1 Å². The van der Waals surface area contributed by atoms with Crippen LogP contribution in [0.4, 0.5) is 13.2 Å². The highest BCUT2D eigenvalue weighted by molar-refractivity contribution is 5.68. The van der Waals surface area contributed by atoms with E-state index in [2.05, 4.69) is 5.32 Å². The first-order chi connectivity index (χ1) is 9.04. The third-order valence-corrected chi connectivity index (χ3v) is 3.16. The Labute approximate surface area is 110 Å². The summed E-state index contributed by atoms with van der Waals surface area (Å²) in [7, 11) is 1.80. The Balaban J connectivity index is 2.59. The largest absolute Gasteiger partial charge is 0.313 e. The normalized spacial score (nSPS) is 12.5. The van der Waals surface area contributed by atoms with Gasteiger partial charge >= 0.3 is 0 Å². The lowest BCUT2D eigenvalue weighted by molar-refractivity contribution is 0.447. The summed E-state index contributed by atoms with van der Waals surface area (Å²) in [6.07, 6.45) is 0. The second-order valence-electron chi connectivity index (χ2n) is 4.35. The van der Waals surface area contributed by atoms with Gasteiger partial charge < -0.3 is 5.32 Å². The average molecular weight is 265 g/mol. The predicted molar refractivity (Wildman–Crippen MR) is 69.2 cm³/mol. The zero-order valence-corrected chi connectivity index (χ0v) is 10.7. The highest BCUT2D eigenvalue weighted by Gasteiger charge is 2.15. The molecule has 1 N–H and O–H groups in total. The average Bonchev–Trinajstić information content (AvgIpc) is 2.43. The number of halogens is 3. The standard InChI is InChI=1S/C15H14F3N/c1-9(19-2)11-5-3-4-6-12(11)10-7-13(16)15(18)14(17)8-10/h3-9,19H,1-2H3. The number of hydrogen-bond acceptors (Lipinski definition) is 1. The molecule has 4 heteroatoms. The molecular weight excluding hydrogens is 251 g/mol. The number of nitrogens with one attached hydrogen (secondary N) is 1. The van der Waals surface area contributed by atoms with Gasteiger partial charge in [-0.2, -0.15) is 0 Å². The van der Waals surface area contributed by atoms with Crippen LogP contribution in [-0.4, -0.2) is 7.05 Å². The first-order valence-corrected chi connectivity index (χ1v) is 5.95. The van der Waals surface area contributed by atoms with E-state index in [0.717, 1.165) is 17.7 Å². The van der Waals surface area contributed by atoms with E-state index in [0.29, 0.717) is 11.1 Å². The molecule has 0 heterocycles. The molecule has 0 saturated carbocycles. The van der Waals surface area contributed by atoms with Crippen molar-refractivity contribution in [3.05, 3.63) is 59.4 Å².